The van der Waals surface area contributed by atoms with Crippen molar-refractivity contribution in [2.24, 2.45) is 0 Å². The summed E-state index contributed by atoms with van der Waals surface area (Å²) in [6, 6.07) is 38.7. The largest absolute Gasteiger partial charge is 0.496 e. The van der Waals surface area contributed by atoms with Crippen LogP contribution in [0.5, 0.6) is 5.75 Å². The van der Waals surface area contributed by atoms with Crippen molar-refractivity contribution < 1.29 is 28.7 Å². The Labute approximate surface area is 294 Å². The molecule has 0 saturated carbocycles. The molecule has 252 valence electrons. The minimum Gasteiger partial charge on any atom is -0.496 e. The number of rotatable bonds is 13. The second kappa shape index (κ2) is 17.3. The highest BCUT2D eigenvalue weighted by Gasteiger charge is 2.23. The molecule has 5 rings (SSSR count). The SMILES string of the molecule is CCOC(=O)c1ccc(NC(=O)C(Sc2cccc(NC(=O)/C(=C\c3ccccc3OC)NC(=O)c3ccccc3)c2)c2ccccc2)cc1. The molecule has 0 spiro atoms. The van der Waals surface area contributed by atoms with Crippen LogP contribution in [0.25, 0.3) is 6.08 Å². The Kier molecular flexibility index (Phi) is 12.2. The molecule has 3 N–H and O–H groups in total. The van der Waals surface area contributed by atoms with Gasteiger partial charge in [0.05, 0.1) is 19.3 Å². The van der Waals surface area contributed by atoms with Crippen LogP contribution in [-0.2, 0) is 14.3 Å². The van der Waals surface area contributed by atoms with Crippen LogP contribution >= 0.6 is 11.8 Å². The van der Waals surface area contributed by atoms with Gasteiger partial charge in [-0.3, -0.25) is 14.4 Å². The summed E-state index contributed by atoms with van der Waals surface area (Å²) < 4.78 is 10.5. The Morgan fingerprint density at radius 3 is 2.10 bits per heavy atom. The second-order valence-corrected chi connectivity index (χ2v) is 12.0. The van der Waals surface area contributed by atoms with Gasteiger partial charge >= 0.3 is 5.97 Å². The number of benzene rings is 5. The van der Waals surface area contributed by atoms with Crippen LogP contribution in [-0.4, -0.2) is 37.4 Å². The van der Waals surface area contributed by atoms with Crippen molar-refractivity contribution in [3.05, 3.63) is 161 Å². The Hall–Kier alpha value is -6.13. The van der Waals surface area contributed by atoms with Crippen LogP contribution in [0.15, 0.2) is 144 Å². The summed E-state index contributed by atoms with van der Waals surface area (Å²) in [7, 11) is 1.53. The Balaban J connectivity index is 1.36. The van der Waals surface area contributed by atoms with E-state index < -0.39 is 23.0 Å². The molecule has 0 aliphatic heterocycles. The van der Waals surface area contributed by atoms with Gasteiger partial charge in [-0.15, -0.1) is 11.8 Å². The van der Waals surface area contributed by atoms with Crippen LogP contribution in [0.3, 0.4) is 0 Å². The van der Waals surface area contributed by atoms with E-state index in [-0.39, 0.29) is 18.2 Å². The maximum atomic E-state index is 13.7. The zero-order valence-corrected chi connectivity index (χ0v) is 28.2. The van der Waals surface area contributed by atoms with Gasteiger partial charge in [0.25, 0.3) is 11.8 Å². The number of hydrogen-bond acceptors (Lipinski definition) is 7. The number of thioether (sulfide) groups is 1. The van der Waals surface area contributed by atoms with E-state index in [4.69, 9.17) is 9.47 Å². The molecule has 0 saturated heterocycles. The van der Waals surface area contributed by atoms with E-state index in [1.165, 1.54) is 18.9 Å². The molecule has 1 unspecified atom stereocenters. The summed E-state index contributed by atoms with van der Waals surface area (Å²) in [6.45, 7) is 2.01. The first-order valence-electron chi connectivity index (χ1n) is 15.8. The molecule has 9 nitrogen and oxygen atoms in total. The van der Waals surface area contributed by atoms with Crippen LogP contribution in [0.2, 0.25) is 0 Å². The summed E-state index contributed by atoms with van der Waals surface area (Å²) in [4.78, 5) is 53.3. The highest BCUT2D eigenvalue weighted by atomic mass is 32.2. The molecule has 1 atom stereocenters. The van der Waals surface area contributed by atoms with Gasteiger partial charge in [0, 0.05) is 27.4 Å². The van der Waals surface area contributed by atoms with Crippen LogP contribution in [0.4, 0.5) is 11.4 Å². The number of nitrogens with one attached hydrogen (secondary N) is 3. The minimum absolute atomic E-state index is 0.0110. The third-order valence-electron chi connectivity index (χ3n) is 7.32. The number of hydrogen-bond donors (Lipinski definition) is 3. The zero-order chi connectivity index (χ0) is 35.3. The van der Waals surface area contributed by atoms with Crippen molar-refractivity contribution in [3.8, 4) is 5.75 Å². The van der Waals surface area contributed by atoms with Crippen LogP contribution < -0.4 is 20.7 Å². The molecule has 0 fully saturated rings. The van der Waals surface area contributed by atoms with Crippen molar-refractivity contribution in [2.75, 3.05) is 24.4 Å². The quantitative estimate of drug-likeness (QED) is 0.0658. The number of para-hydroxylation sites is 1. The fraction of sp³-hybridized carbons (Fsp3) is 0.100. The summed E-state index contributed by atoms with van der Waals surface area (Å²) in [5.74, 6) is -1.17. The molecule has 0 aromatic heterocycles. The second-order valence-electron chi connectivity index (χ2n) is 10.8. The predicted molar refractivity (Wildman–Crippen MR) is 196 cm³/mol. The van der Waals surface area contributed by atoms with E-state index in [1.807, 2.05) is 42.5 Å². The van der Waals surface area contributed by atoms with Crippen molar-refractivity contribution >= 4 is 52.9 Å². The molecular weight excluding hydrogens is 651 g/mol. The first-order chi connectivity index (χ1) is 24.3. The summed E-state index contributed by atoms with van der Waals surface area (Å²) in [5, 5.41) is 7.92. The first-order valence-corrected chi connectivity index (χ1v) is 16.6. The number of amides is 3. The van der Waals surface area contributed by atoms with Gasteiger partial charge in [0.1, 0.15) is 16.7 Å². The molecule has 50 heavy (non-hydrogen) atoms. The highest BCUT2D eigenvalue weighted by molar-refractivity contribution is 8.00. The van der Waals surface area contributed by atoms with Crippen molar-refractivity contribution in [1.82, 2.24) is 5.32 Å². The van der Waals surface area contributed by atoms with Crippen molar-refractivity contribution in [2.45, 2.75) is 17.1 Å². The van der Waals surface area contributed by atoms with Crippen molar-refractivity contribution in [1.29, 1.82) is 0 Å². The highest BCUT2D eigenvalue weighted by Crippen LogP contribution is 2.37. The number of esters is 1. The number of anilines is 2. The van der Waals surface area contributed by atoms with E-state index in [2.05, 4.69) is 16.0 Å². The molecule has 0 radical (unpaired) electrons. The van der Waals surface area contributed by atoms with Gasteiger partial charge < -0.3 is 25.4 Å². The molecule has 0 aliphatic rings. The maximum absolute atomic E-state index is 13.7. The fourth-order valence-electron chi connectivity index (χ4n) is 4.88. The summed E-state index contributed by atoms with van der Waals surface area (Å²) in [6.07, 6.45) is 1.56. The van der Waals surface area contributed by atoms with Gasteiger partial charge in [-0.05, 0) is 79.2 Å². The predicted octanol–water partition coefficient (Wildman–Crippen LogP) is 7.75. The number of methoxy groups -OCH3 is 1. The third kappa shape index (κ3) is 9.48. The monoisotopic (exact) mass is 685 g/mol. The van der Waals surface area contributed by atoms with E-state index in [9.17, 15) is 19.2 Å². The molecule has 0 heterocycles. The molecule has 0 aliphatic carbocycles. The minimum atomic E-state index is -0.655. The number of carbonyl (C=O) groups excluding carboxylic acids is 4. The third-order valence-corrected chi connectivity index (χ3v) is 8.57. The molecule has 0 bridgehead atoms. The van der Waals surface area contributed by atoms with Gasteiger partial charge in [0.15, 0.2) is 0 Å². The van der Waals surface area contributed by atoms with Crippen LogP contribution in [0.1, 0.15) is 44.0 Å². The number of carbonyl (C=O) groups is 4. The van der Waals surface area contributed by atoms with Gasteiger partial charge in [-0.1, -0.05) is 72.8 Å². The maximum Gasteiger partial charge on any atom is 0.338 e. The smallest absolute Gasteiger partial charge is 0.338 e. The zero-order valence-electron chi connectivity index (χ0n) is 27.4. The Bertz CT molecular complexity index is 1980. The molecule has 5 aromatic carbocycles. The topological polar surface area (TPSA) is 123 Å². The molecule has 3 amide bonds. The normalized spacial score (nSPS) is 11.5. The standard InChI is InChI=1S/C40H35N3O6S/c1-3-49-40(47)29-21-23-31(24-22-29)41-39(46)36(27-13-6-4-7-14-27)50-33-19-12-18-32(26-33)42-38(45)34(25-30-17-10-11-20-35(30)48-2)43-37(44)28-15-8-5-9-16-28/h4-26,36H,3H2,1-2H3,(H,41,46)(H,42,45)(H,43,44)/b34-25+. The lowest BCUT2D eigenvalue weighted by Crippen LogP contribution is -2.30. The Morgan fingerprint density at radius 1 is 0.720 bits per heavy atom. The van der Waals surface area contributed by atoms with E-state index in [1.54, 1.807) is 104 Å². The van der Waals surface area contributed by atoms with Gasteiger partial charge in [0.2, 0.25) is 5.91 Å². The molecule has 5 aromatic rings. The van der Waals surface area contributed by atoms with E-state index >= 15 is 0 Å². The first kappa shape index (κ1) is 35.2. The fourth-order valence-corrected chi connectivity index (χ4v) is 5.96. The van der Waals surface area contributed by atoms with E-state index in [0.29, 0.717) is 38.7 Å². The lowest BCUT2D eigenvalue weighted by atomic mass is 10.1. The average Bonchev–Trinajstić information content (AvgIpc) is 3.15. The lowest BCUT2D eigenvalue weighted by molar-refractivity contribution is -0.116. The van der Waals surface area contributed by atoms with Gasteiger partial charge in [-0.25, -0.2) is 4.79 Å². The molecular formula is C40H35N3O6S. The lowest BCUT2D eigenvalue weighted by Gasteiger charge is -2.18. The summed E-state index contributed by atoms with van der Waals surface area (Å²) >= 11 is 1.31. The van der Waals surface area contributed by atoms with Gasteiger partial charge in [-0.2, -0.15) is 0 Å². The molecule has 10 heteroatoms. The average molecular weight is 686 g/mol. The van der Waals surface area contributed by atoms with Crippen LogP contribution in [0, 0.1) is 0 Å². The Morgan fingerprint density at radius 2 is 1.40 bits per heavy atom. The van der Waals surface area contributed by atoms with Crippen molar-refractivity contribution in [3.63, 3.8) is 0 Å². The number of ether oxygens (including phenoxy) is 2. The summed E-state index contributed by atoms with van der Waals surface area (Å²) in [5.41, 5.74) is 3.16. The van der Waals surface area contributed by atoms with E-state index in [0.717, 1.165) is 5.56 Å².